The van der Waals surface area contributed by atoms with Crippen LogP contribution in [0, 0.1) is 11.3 Å². The fourth-order valence-corrected chi connectivity index (χ4v) is 4.86. The molecule has 1 atom stereocenters. The van der Waals surface area contributed by atoms with Crippen molar-refractivity contribution in [3.05, 3.63) is 34.9 Å². The van der Waals surface area contributed by atoms with Gasteiger partial charge in [-0.05, 0) is 41.8 Å². The summed E-state index contributed by atoms with van der Waals surface area (Å²) in [6.07, 6.45) is 1.79. The summed E-state index contributed by atoms with van der Waals surface area (Å²) in [5.74, 6) is -0.0641. The van der Waals surface area contributed by atoms with Gasteiger partial charge >= 0.3 is 0 Å². The molecule has 156 valence electrons. The van der Waals surface area contributed by atoms with Gasteiger partial charge in [-0.1, -0.05) is 32.0 Å². The third kappa shape index (κ3) is 3.94. The molecular weight excluding hydrogens is 368 g/mol. The Morgan fingerprint density at radius 2 is 1.97 bits per heavy atom. The van der Waals surface area contributed by atoms with Crippen LogP contribution in [0.2, 0.25) is 0 Å². The van der Waals surface area contributed by atoms with Crippen LogP contribution in [-0.4, -0.2) is 53.2 Å². The molecule has 2 fully saturated rings. The second kappa shape index (κ2) is 7.54. The van der Waals surface area contributed by atoms with Gasteiger partial charge in [0.05, 0.1) is 0 Å². The number of fused-ring (bicyclic) bond motifs is 1. The normalized spacial score (nSPS) is 23.2. The minimum Gasteiger partial charge on any atom is -0.330 e. The zero-order valence-corrected chi connectivity index (χ0v) is 17.2. The number of rotatable bonds is 6. The van der Waals surface area contributed by atoms with Gasteiger partial charge in [-0.25, -0.2) is 0 Å². The summed E-state index contributed by atoms with van der Waals surface area (Å²) in [6, 6.07) is 5.41. The molecule has 4 rings (SSSR count). The van der Waals surface area contributed by atoms with Gasteiger partial charge in [0.1, 0.15) is 6.04 Å². The fraction of sp³-hybridized carbons (Fsp3) is 0.591. The van der Waals surface area contributed by atoms with E-state index in [1.165, 1.54) is 0 Å². The molecule has 3 amide bonds. The summed E-state index contributed by atoms with van der Waals surface area (Å²) >= 11 is 0. The molecule has 7 nitrogen and oxygen atoms in total. The zero-order valence-electron chi connectivity index (χ0n) is 17.2. The molecular formula is C22H30N4O3. The van der Waals surface area contributed by atoms with Crippen molar-refractivity contribution in [2.45, 2.75) is 52.2 Å². The molecule has 0 bridgehead atoms. The number of carbonyl (C=O) groups excluding carboxylic acids is 3. The van der Waals surface area contributed by atoms with E-state index in [1.54, 1.807) is 4.90 Å². The summed E-state index contributed by atoms with van der Waals surface area (Å²) in [7, 11) is 0. The van der Waals surface area contributed by atoms with Crippen LogP contribution in [0.1, 0.15) is 54.6 Å². The van der Waals surface area contributed by atoms with Gasteiger partial charge in [0, 0.05) is 38.2 Å². The van der Waals surface area contributed by atoms with Crippen LogP contribution >= 0.6 is 0 Å². The topological polar surface area (TPSA) is 95.7 Å². The Bertz CT molecular complexity index is 844. The van der Waals surface area contributed by atoms with Crippen molar-refractivity contribution >= 4 is 17.7 Å². The first-order valence-corrected chi connectivity index (χ1v) is 10.5. The van der Waals surface area contributed by atoms with Gasteiger partial charge in [-0.3, -0.25) is 24.6 Å². The van der Waals surface area contributed by atoms with E-state index in [-0.39, 0.29) is 29.6 Å². The van der Waals surface area contributed by atoms with Crippen LogP contribution in [0.5, 0.6) is 0 Å². The molecule has 0 saturated carbocycles. The number of likely N-dealkylation sites (tertiary alicyclic amines) is 1. The average Bonchev–Trinajstić information content (AvgIpc) is 2.97. The van der Waals surface area contributed by atoms with E-state index in [1.807, 2.05) is 18.2 Å². The van der Waals surface area contributed by atoms with Crippen LogP contribution in [0.15, 0.2) is 18.2 Å². The van der Waals surface area contributed by atoms with Crippen molar-refractivity contribution in [3.63, 3.8) is 0 Å². The number of nitrogens with one attached hydrogen (secondary N) is 1. The van der Waals surface area contributed by atoms with Gasteiger partial charge in [0.25, 0.3) is 5.91 Å². The van der Waals surface area contributed by atoms with E-state index in [0.717, 1.165) is 42.7 Å². The maximum absolute atomic E-state index is 13.2. The molecule has 0 aromatic heterocycles. The van der Waals surface area contributed by atoms with Crippen molar-refractivity contribution < 1.29 is 14.4 Å². The third-order valence-electron chi connectivity index (χ3n) is 6.46. The Morgan fingerprint density at radius 1 is 1.21 bits per heavy atom. The summed E-state index contributed by atoms with van der Waals surface area (Å²) < 4.78 is 0. The van der Waals surface area contributed by atoms with Gasteiger partial charge in [0.15, 0.2) is 0 Å². The molecule has 0 radical (unpaired) electrons. The van der Waals surface area contributed by atoms with Crippen molar-refractivity contribution in [3.8, 4) is 0 Å². The number of nitrogens with two attached hydrogens (primary N) is 1. The number of hydrogen-bond donors (Lipinski definition) is 2. The highest BCUT2D eigenvalue weighted by Gasteiger charge is 2.40. The summed E-state index contributed by atoms with van der Waals surface area (Å²) in [4.78, 5) is 40.8. The first kappa shape index (κ1) is 20.0. The van der Waals surface area contributed by atoms with Gasteiger partial charge in [-0.2, -0.15) is 0 Å². The smallest absolute Gasteiger partial charge is 0.255 e. The van der Waals surface area contributed by atoms with Crippen LogP contribution in [-0.2, 0) is 22.7 Å². The number of hydrogen-bond acceptors (Lipinski definition) is 5. The van der Waals surface area contributed by atoms with Crippen LogP contribution in [0.25, 0.3) is 0 Å². The lowest BCUT2D eigenvalue weighted by molar-refractivity contribution is -0.136. The molecule has 1 aromatic rings. The molecule has 1 aromatic carbocycles. The quantitative estimate of drug-likeness (QED) is 0.704. The maximum Gasteiger partial charge on any atom is 0.255 e. The van der Waals surface area contributed by atoms with Crippen LogP contribution in [0.4, 0.5) is 0 Å². The first-order chi connectivity index (χ1) is 13.8. The Balaban J connectivity index is 1.42. The van der Waals surface area contributed by atoms with E-state index >= 15 is 0 Å². The molecule has 3 aliphatic heterocycles. The molecule has 3 aliphatic rings. The van der Waals surface area contributed by atoms with E-state index in [9.17, 15) is 14.4 Å². The summed E-state index contributed by atoms with van der Waals surface area (Å²) in [5, 5.41) is 2.36. The average molecular weight is 399 g/mol. The predicted octanol–water partition coefficient (Wildman–Crippen LogP) is 1.25. The first-order valence-electron chi connectivity index (χ1n) is 10.5. The number of carbonyl (C=O) groups is 3. The van der Waals surface area contributed by atoms with E-state index in [4.69, 9.17) is 5.73 Å². The number of benzene rings is 1. The van der Waals surface area contributed by atoms with E-state index < -0.39 is 6.04 Å². The van der Waals surface area contributed by atoms with Crippen molar-refractivity contribution in [1.29, 1.82) is 0 Å². The number of piperidine rings is 1. The Hall–Kier alpha value is -2.25. The van der Waals surface area contributed by atoms with E-state index in [2.05, 4.69) is 24.1 Å². The molecule has 1 unspecified atom stereocenters. The second-order valence-corrected chi connectivity index (χ2v) is 9.48. The minimum atomic E-state index is -0.563. The Labute approximate surface area is 171 Å². The van der Waals surface area contributed by atoms with Crippen molar-refractivity contribution in [1.82, 2.24) is 15.1 Å². The summed E-state index contributed by atoms with van der Waals surface area (Å²) in [6.45, 7) is 8.35. The highest BCUT2D eigenvalue weighted by Crippen LogP contribution is 2.34. The van der Waals surface area contributed by atoms with Crippen molar-refractivity contribution in [2.75, 3.05) is 19.6 Å². The SMILES string of the molecule is CC(C)(CN)CC1CN(Cc2cccc3c2C(=O)N(C2CCC(=O)NC2=O)C3)C1. The molecule has 0 spiro atoms. The molecule has 29 heavy (non-hydrogen) atoms. The van der Waals surface area contributed by atoms with Gasteiger partial charge in [-0.15, -0.1) is 0 Å². The molecule has 2 saturated heterocycles. The number of amides is 3. The predicted molar refractivity (Wildman–Crippen MR) is 109 cm³/mol. The lowest BCUT2D eigenvalue weighted by Gasteiger charge is -2.43. The summed E-state index contributed by atoms with van der Waals surface area (Å²) in [5.41, 5.74) is 8.76. The van der Waals surface area contributed by atoms with Crippen molar-refractivity contribution in [2.24, 2.45) is 17.1 Å². The molecule has 3 N–H and O–H groups in total. The Kier molecular flexibility index (Phi) is 5.21. The lowest BCUT2D eigenvalue weighted by atomic mass is 9.79. The second-order valence-electron chi connectivity index (χ2n) is 9.48. The highest BCUT2D eigenvalue weighted by molar-refractivity contribution is 6.05. The standard InChI is InChI=1S/C22H30N4O3/c1-22(2,13-23)8-14-9-25(10-14)11-15-4-3-5-16-12-26(21(29)19(15)16)17-6-7-18(27)24-20(17)28/h3-5,14,17H,6-13,23H2,1-2H3,(H,24,27,28). The largest absolute Gasteiger partial charge is 0.330 e. The van der Waals surface area contributed by atoms with Gasteiger partial charge in [0.2, 0.25) is 11.8 Å². The monoisotopic (exact) mass is 398 g/mol. The third-order valence-corrected chi connectivity index (χ3v) is 6.46. The number of imide groups is 1. The fourth-order valence-electron chi connectivity index (χ4n) is 4.86. The minimum absolute atomic E-state index is 0.0913. The zero-order chi connectivity index (χ0) is 20.8. The highest BCUT2D eigenvalue weighted by atomic mass is 16.2. The Morgan fingerprint density at radius 3 is 2.66 bits per heavy atom. The lowest BCUT2D eigenvalue weighted by Crippen LogP contribution is -2.52. The van der Waals surface area contributed by atoms with Gasteiger partial charge < -0.3 is 10.6 Å². The maximum atomic E-state index is 13.2. The molecule has 3 heterocycles. The van der Waals surface area contributed by atoms with Crippen LogP contribution < -0.4 is 11.1 Å². The van der Waals surface area contributed by atoms with Crippen LogP contribution in [0.3, 0.4) is 0 Å². The number of nitrogens with zero attached hydrogens (tertiary/aromatic N) is 2. The van der Waals surface area contributed by atoms with E-state index in [0.29, 0.717) is 25.4 Å². The molecule has 7 heteroatoms. The molecule has 0 aliphatic carbocycles.